The summed E-state index contributed by atoms with van der Waals surface area (Å²) in [5.74, 6) is 1.82. The third-order valence-electron chi connectivity index (χ3n) is 4.57. The Kier molecular flexibility index (Phi) is 2.80. The van der Waals surface area contributed by atoms with Gasteiger partial charge >= 0.3 is 0 Å². The van der Waals surface area contributed by atoms with Crippen LogP contribution in [0, 0.1) is 17.8 Å². The molecule has 2 heteroatoms. The molecule has 3 unspecified atom stereocenters. The summed E-state index contributed by atoms with van der Waals surface area (Å²) in [6.45, 7) is 3.86. The van der Waals surface area contributed by atoms with Gasteiger partial charge in [-0.25, -0.2) is 0 Å². The van der Waals surface area contributed by atoms with E-state index in [1.54, 1.807) is 0 Å². The summed E-state index contributed by atoms with van der Waals surface area (Å²) in [7, 11) is 0. The number of allylic oxidation sites excluding steroid dienone is 2. The summed E-state index contributed by atoms with van der Waals surface area (Å²) in [5, 5.41) is 0. The molecule has 1 saturated heterocycles. The minimum absolute atomic E-state index is 0.176. The molecule has 0 radical (unpaired) electrons. The summed E-state index contributed by atoms with van der Waals surface area (Å²) in [5.41, 5.74) is 0. The Bertz CT molecular complexity index is 278. The number of fused-ring (bicyclic) bond motifs is 2. The lowest BCUT2D eigenvalue weighted by atomic mass is 9.55. The quantitative estimate of drug-likeness (QED) is 0.683. The molecule has 0 aromatic carbocycles. The van der Waals surface area contributed by atoms with Gasteiger partial charge in [-0.15, -0.1) is 0 Å². The van der Waals surface area contributed by atoms with Crippen LogP contribution in [0.25, 0.3) is 0 Å². The van der Waals surface area contributed by atoms with Gasteiger partial charge in [0.25, 0.3) is 0 Å². The van der Waals surface area contributed by atoms with Gasteiger partial charge in [0.15, 0.2) is 5.79 Å². The van der Waals surface area contributed by atoms with E-state index in [0.29, 0.717) is 11.8 Å². The first-order valence-electron chi connectivity index (χ1n) is 6.83. The Labute approximate surface area is 98.0 Å². The SMILES string of the molecule is CCCCC1C2C=CCCC2C12OCCO2. The van der Waals surface area contributed by atoms with Crippen molar-refractivity contribution in [3.63, 3.8) is 0 Å². The molecule has 2 aliphatic carbocycles. The topological polar surface area (TPSA) is 18.5 Å². The van der Waals surface area contributed by atoms with Crippen LogP contribution in [0.1, 0.15) is 39.0 Å². The molecule has 0 N–H and O–H groups in total. The lowest BCUT2D eigenvalue weighted by molar-refractivity contribution is -0.314. The largest absolute Gasteiger partial charge is 0.347 e. The second-order valence-corrected chi connectivity index (χ2v) is 5.36. The minimum Gasteiger partial charge on any atom is -0.347 e. The number of ether oxygens (including phenoxy) is 2. The van der Waals surface area contributed by atoms with Gasteiger partial charge in [0, 0.05) is 11.8 Å². The van der Waals surface area contributed by atoms with Crippen molar-refractivity contribution in [1.29, 1.82) is 0 Å². The van der Waals surface area contributed by atoms with Gasteiger partial charge in [-0.3, -0.25) is 0 Å². The summed E-state index contributed by atoms with van der Waals surface area (Å²) in [6, 6.07) is 0. The van der Waals surface area contributed by atoms with Crippen LogP contribution >= 0.6 is 0 Å². The highest BCUT2D eigenvalue weighted by molar-refractivity contribution is 5.15. The molecule has 0 aromatic heterocycles. The number of unbranched alkanes of at least 4 members (excludes halogenated alkanes) is 1. The van der Waals surface area contributed by atoms with E-state index in [4.69, 9.17) is 9.47 Å². The molecule has 2 nitrogen and oxygen atoms in total. The van der Waals surface area contributed by atoms with Gasteiger partial charge in [0.1, 0.15) is 0 Å². The van der Waals surface area contributed by atoms with Crippen LogP contribution in [0.15, 0.2) is 12.2 Å². The van der Waals surface area contributed by atoms with Crippen molar-refractivity contribution >= 4 is 0 Å². The minimum atomic E-state index is -0.176. The van der Waals surface area contributed by atoms with E-state index in [9.17, 15) is 0 Å². The monoisotopic (exact) mass is 222 g/mol. The molecule has 1 saturated carbocycles. The van der Waals surface area contributed by atoms with Crippen LogP contribution in [0.3, 0.4) is 0 Å². The van der Waals surface area contributed by atoms with Gasteiger partial charge in [-0.1, -0.05) is 31.9 Å². The van der Waals surface area contributed by atoms with Crippen molar-refractivity contribution in [3.8, 4) is 0 Å². The van der Waals surface area contributed by atoms with E-state index in [1.807, 2.05) is 0 Å². The highest BCUT2D eigenvalue weighted by Crippen LogP contribution is 2.59. The van der Waals surface area contributed by atoms with Crippen molar-refractivity contribution in [3.05, 3.63) is 12.2 Å². The maximum absolute atomic E-state index is 6.00. The molecule has 0 amide bonds. The molecule has 3 aliphatic rings. The molecule has 1 heterocycles. The smallest absolute Gasteiger partial charge is 0.175 e. The van der Waals surface area contributed by atoms with Gasteiger partial charge < -0.3 is 9.47 Å². The average Bonchev–Trinajstić information content (AvgIpc) is 2.81. The maximum atomic E-state index is 6.00. The first-order valence-corrected chi connectivity index (χ1v) is 6.83. The summed E-state index contributed by atoms with van der Waals surface area (Å²) in [6.07, 6.45) is 11.1. The third-order valence-corrected chi connectivity index (χ3v) is 4.57. The zero-order valence-corrected chi connectivity index (χ0v) is 10.2. The molecule has 90 valence electrons. The summed E-state index contributed by atoms with van der Waals surface area (Å²) >= 11 is 0. The van der Waals surface area contributed by atoms with E-state index in [2.05, 4.69) is 19.1 Å². The zero-order chi connectivity index (χ0) is 11.0. The number of rotatable bonds is 3. The predicted octanol–water partition coefficient (Wildman–Crippen LogP) is 3.13. The van der Waals surface area contributed by atoms with Crippen molar-refractivity contribution in [2.45, 2.75) is 44.8 Å². The molecule has 0 aromatic rings. The Hall–Kier alpha value is -0.340. The van der Waals surface area contributed by atoms with Gasteiger partial charge in [0.05, 0.1) is 13.2 Å². The predicted molar refractivity (Wildman–Crippen MR) is 63.0 cm³/mol. The lowest BCUT2D eigenvalue weighted by Gasteiger charge is -2.58. The van der Waals surface area contributed by atoms with Crippen LogP contribution in [0.5, 0.6) is 0 Å². The molecule has 1 spiro atoms. The van der Waals surface area contributed by atoms with Gasteiger partial charge in [0.2, 0.25) is 0 Å². The normalized spacial score (nSPS) is 39.7. The number of hydrogen-bond acceptors (Lipinski definition) is 2. The molecule has 1 aliphatic heterocycles. The molecular formula is C14H22O2. The average molecular weight is 222 g/mol. The molecule has 3 rings (SSSR count). The first-order chi connectivity index (χ1) is 7.88. The lowest BCUT2D eigenvalue weighted by Crippen LogP contribution is -2.63. The van der Waals surface area contributed by atoms with Crippen molar-refractivity contribution in [2.75, 3.05) is 13.2 Å². The Morgan fingerprint density at radius 1 is 1.31 bits per heavy atom. The van der Waals surface area contributed by atoms with E-state index < -0.39 is 0 Å². The summed E-state index contributed by atoms with van der Waals surface area (Å²) in [4.78, 5) is 0. The van der Waals surface area contributed by atoms with Gasteiger partial charge in [-0.2, -0.15) is 0 Å². The fraction of sp³-hybridized carbons (Fsp3) is 0.857. The Morgan fingerprint density at radius 2 is 2.12 bits per heavy atom. The van der Waals surface area contributed by atoms with Crippen molar-refractivity contribution < 1.29 is 9.47 Å². The highest BCUT2D eigenvalue weighted by Gasteiger charge is 2.64. The van der Waals surface area contributed by atoms with Crippen molar-refractivity contribution in [2.24, 2.45) is 17.8 Å². The Morgan fingerprint density at radius 3 is 2.88 bits per heavy atom. The van der Waals surface area contributed by atoms with E-state index in [-0.39, 0.29) is 5.79 Å². The molecule has 3 atom stereocenters. The van der Waals surface area contributed by atoms with E-state index >= 15 is 0 Å². The van der Waals surface area contributed by atoms with Crippen LogP contribution in [-0.2, 0) is 9.47 Å². The van der Waals surface area contributed by atoms with Gasteiger partial charge in [-0.05, 0) is 25.2 Å². The Balaban J connectivity index is 1.77. The summed E-state index contributed by atoms with van der Waals surface area (Å²) < 4.78 is 12.0. The van der Waals surface area contributed by atoms with E-state index in [0.717, 1.165) is 19.1 Å². The van der Waals surface area contributed by atoms with Crippen LogP contribution in [-0.4, -0.2) is 19.0 Å². The maximum Gasteiger partial charge on any atom is 0.175 e. The number of hydrogen-bond donors (Lipinski definition) is 0. The fourth-order valence-corrected chi connectivity index (χ4v) is 3.85. The standard InChI is InChI=1S/C14H22O2/c1-2-3-7-12-11-6-4-5-8-13(11)14(12)15-9-10-16-14/h4,6,11-13H,2-3,5,7-10H2,1H3. The van der Waals surface area contributed by atoms with Crippen LogP contribution < -0.4 is 0 Å². The molecule has 2 fully saturated rings. The first kappa shape index (κ1) is 10.8. The van der Waals surface area contributed by atoms with E-state index in [1.165, 1.54) is 32.1 Å². The fourth-order valence-electron chi connectivity index (χ4n) is 3.85. The van der Waals surface area contributed by atoms with Crippen LogP contribution in [0.4, 0.5) is 0 Å². The molecule has 0 bridgehead atoms. The van der Waals surface area contributed by atoms with Crippen molar-refractivity contribution in [1.82, 2.24) is 0 Å². The molecule has 16 heavy (non-hydrogen) atoms. The molecular weight excluding hydrogens is 200 g/mol. The third kappa shape index (κ3) is 1.39. The second kappa shape index (κ2) is 4.15. The highest BCUT2D eigenvalue weighted by atomic mass is 16.7. The second-order valence-electron chi connectivity index (χ2n) is 5.36. The van der Waals surface area contributed by atoms with Crippen LogP contribution in [0.2, 0.25) is 0 Å². The zero-order valence-electron chi connectivity index (χ0n) is 10.2.